The first-order valence-electron chi connectivity index (χ1n) is 9.50. The van der Waals surface area contributed by atoms with Gasteiger partial charge in [0.15, 0.2) is 0 Å². The smallest absolute Gasteiger partial charge is 0.138 e. The van der Waals surface area contributed by atoms with Crippen LogP contribution in [0.2, 0.25) is 0 Å². The summed E-state index contributed by atoms with van der Waals surface area (Å²) in [6.07, 6.45) is 10.8. The van der Waals surface area contributed by atoms with Crippen molar-refractivity contribution in [3.63, 3.8) is 0 Å². The lowest BCUT2D eigenvalue weighted by Gasteiger charge is -2.01. The van der Waals surface area contributed by atoms with Crippen molar-refractivity contribution in [2.24, 2.45) is 0 Å². The van der Waals surface area contributed by atoms with Crippen LogP contribution in [-0.2, 0) is 0 Å². The van der Waals surface area contributed by atoms with Gasteiger partial charge in [-0.1, -0.05) is 6.07 Å². The van der Waals surface area contributed by atoms with Crippen LogP contribution in [0.3, 0.4) is 0 Å². The zero-order valence-electron chi connectivity index (χ0n) is 15.7. The number of nitrogens with zero attached hydrogens (tertiary/aromatic N) is 5. The van der Waals surface area contributed by atoms with Crippen LogP contribution in [0.5, 0.6) is 0 Å². The molecule has 0 amide bonds. The number of hydrogen-bond acceptors (Lipinski definition) is 5. The van der Waals surface area contributed by atoms with Crippen LogP contribution in [0, 0.1) is 0 Å². The van der Waals surface area contributed by atoms with Crippen molar-refractivity contribution in [2.45, 2.75) is 0 Å². The van der Waals surface area contributed by atoms with E-state index in [9.17, 15) is 0 Å². The molecule has 6 aromatic heterocycles. The summed E-state index contributed by atoms with van der Waals surface area (Å²) in [5.41, 5.74) is 7.42. The fraction of sp³-hybridized carbons (Fsp3) is 0. The second kappa shape index (κ2) is 6.59. The van der Waals surface area contributed by atoms with E-state index in [2.05, 4.69) is 41.2 Å². The van der Waals surface area contributed by atoms with E-state index in [1.54, 1.807) is 24.8 Å². The molecule has 0 radical (unpaired) electrons. The predicted molar refractivity (Wildman–Crippen MR) is 115 cm³/mol. The van der Waals surface area contributed by atoms with E-state index in [4.69, 9.17) is 0 Å². The van der Waals surface area contributed by atoms with Crippen molar-refractivity contribution in [3.05, 3.63) is 79.6 Å². The Morgan fingerprint density at radius 1 is 0.733 bits per heavy atom. The molecule has 0 aliphatic carbocycles. The average Bonchev–Trinajstić information content (AvgIpc) is 3.43. The van der Waals surface area contributed by atoms with Crippen molar-refractivity contribution in [2.75, 3.05) is 0 Å². The summed E-state index contributed by atoms with van der Waals surface area (Å²) >= 11 is 0. The van der Waals surface area contributed by atoms with Crippen molar-refractivity contribution in [1.82, 2.24) is 35.1 Å². The molecule has 0 aliphatic rings. The summed E-state index contributed by atoms with van der Waals surface area (Å²) in [6, 6.07) is 14.0. The molecule has 0 atom stereocenters. The largest absolute Gasteiger partial charge is 0.338 e. The van der Waals surface area contributed by atoms with E-state index in [1.807, 2.05) is 48.8 Å². The molecule has 0 spiro atoms. The van der Waals surface area contributed by atoms with Crippen molar-refractivity contribution in [3.8, 4) is 33.8 Å². The molecule has 0 unspecified atom stereocenters. The summed E-state index contributed by atoms with van der Waals surface area (Å²) in [7, 11) is 0. The Morgan fingerprint density at radius 2 is 1.67 bits per heavy atom. The Morgan fingerprint density at radius 3 is 2.53 bits per heavy atom. The van der Waals surface area contributed by atoms with Crippen LogP contribution in [-0.4, -0.2) is 35.1 Å². The molecule has 0 aliphatic heterocycles. The highest BCUT2D eigenvalue weighted by Crippen LogP contribution is 2.33. The van der Waals surface area contributed by atoms with Crippen LogP contribution >= 0.6 is 0 Å². The maximum atomic E-state index is 4.55. The standard InChI is InChI=1S/C23H15N7/c1-2-15(12-25-6-1)16-5-9-26-23-17(16)10-20(28-23)22-18-11-19(14-3-7-24-8-4-14)27-13-21(18)29-30-22/h1-13H,(H,26,28)(H,29,30). The number of aromatic amines is 2. The third kappa shape index (κ3) is 2.64. The Labute approximate surface area is 170 Å². The fourth-order valence-electron chi connectivity index (χ4n) is 3.73. The van der Waals surface area contributed by atoms with Crippen LogP contribution in [0.25, 0.3) is 55.7 Å². The lowest BCUT2D eigenvalue weighted by atomic mass is 10.1. The van der Waals surface area contributed by atoms with Gasteiger partial charge in [0.1, 0.15) is 11.3 Å². The second-order valence-corrected chi connectivity index (χ2v) is 6.97. The fourth-order valence-corrected chi connectivity index (χ4v) is 3.73. The average molecular weight is 389 g/mol. The van der Waals surface area contributed by atoms with Gasteiger partial charge in [-0.05, 0) is 42.0 Å². The highest BCUT2D eigenvalue weighted by molar-refractivity contribution is 6.00. The molecule has 0 fully saturated rings. The molecule has 7 heteroatoms. The number of aromatic nitrogens is 7. The molecule has 0 saturated carbocycles. The van der Waals surface area contributed by atoms with Gasteiger partial charge in [0.25, 0.3) is 0 Å². The zero-order chi connectivity index (χ0) is 19.9. The minimum Gasteiger partial charge on any atom is -0.338 e. The molecule has 30 heavy (non-hydrogen) atoms. The SMILES string of the molecule is c1cncc(-c2ccnc3[nH]c(-c4n[nH]c5cnc(-c6ccncc6)cc45)cc23)c1. The number of fused-ring (bicyclic) bond motifs is 2. The molecule has 6 heterocycles. The minimum atomic E-state index is 0.811. The Bertz CT molecular complexity index is 1480. The monoisotopic (exact) mass is 389 g/mol. The molecule has 142 valence electrons. The molecule has 2 N–H and O–H groups in total. The van der Waals surface area contributed by atoms with Gasteiger partial charge in [0.05, 0.1) is 23.1 Å². The number of hydrogen-bond donors (Lipinski definition) is 2. The maximum absolute atomic E-state index is 4.55. The second-order valence-electron chi connectivity index (χ2n) is 6.97. The van der Waals surface area contributed by atoms with E-state index in [0.717, 1.165) is 55.7 Å². The van der Waals surface area contributed by atoms with E-state index in [0.29, 0.717) is 0 Å². The maximum Gasteiger partial charge on any atom is 0.138 e. The highest BCUT2D eigenvalue weighted by Gasteiger charge is 2.15. The topological polar surface area (TPSA) is 96.0 Å². The predicted octanol–water partition coefficient (Wildman–Crippen LogP) is 4.63. The third-order valence-electron chi connectivity index (χ3n) is 5.18. The van der Waals surface area contributed by atoms with Gasteiger partial charge in [-0.2, -0.15) is 5.10 Å². The van der Waals surface area contributed by atoms with Crippen molar-refractivity contribution in [1.29, 1.82) is 0 Å². The summed E-state index contributed by atoms with van der Waals surface area (Å²) < 4.78 is 0. The molecule has 0 bridgehead atoms. The van der Waals surface area contributed by atoms with Crippen LogP contribution in [0.15, 0.2) is 79.6 Å². The van der Waals surface area contributed by atoms with Gasteiger partial charge < -0.3 is 4.98 Å². The molecule has 7 nitrogen and oxygen atoms in total. The lowest BCUT2D eigenvalue weighted by Crippen LogP contribution is -1.84. The summed E-state index contributed by atoms with van der Waals surface area (Å²) in [6.45, 7) is 0. The number of H-pyrrole nitrogens is 2. The first-order valence-corrected chi connectivity index (χ1v) is 9.50. The van der Waals surface area contributed by atoms with Gasteiger partial charge in [0, 0.05) is 52.9 Å². The Hall–Kier alpha value is -4.39. The van der Waals surface area contributed by atoms with E-state index in [1.165, 1.54) is 0 Å². The van der Waals surface area contributed by atoms with Gasteiger partial charge in [-0.3, -0.25) is 20.1 Å². The number of pyridine rings is 4. The first-order chi connectivity index (χ1) is 14.9. The molecular weight excluding hydrogens is 374 g/mol. The summed E-state index contributed by atoms with van der Waals surface area (Å²) in [4.78, 5) is 20.8. The zero-order valence-corrected chi connectivity index (χ0v) is 15.7. The number of nitrogens with one attached hydrogen (secondary N) is 2. The summed E-state index contributed by atoms with van der Waals surface area (Å²) in [5, 5.41) is 9.65. The van der Waals surface area contributed by atoms with Gasteiger partial charge in [-0.25, -0.2) is 4.98 Å². The molecular formula is C23H15N7. The molecule has 0 saturated heterocycles. The normalized spacial score (nSPS) is 11.3. The number of rotatable bonds is 3. The van der Waals surface area contributed by atoms with Gasteiger partial charge in [0.2, 0.25) is 0 Å². The van der Waals surface area contributed by atoms with E-state index >= 15 is 0 Å². The Balaban J connectivity index is 1.52. The van der Waals surface area contributed by atoms with Gasteiger partial charge >= 0.3 is 0 Å². The van der Waals surface area contributed by atoms with Crippen molar-refractivity contribution < 1.29 is 0 Å². The summed E-state index contributed by atoms with van der Waals surface area (Å²) in [5.74, 6) is 0. The van der Waals surface area contributed by atoms with E-state index in [-0.39, 0.29) is 0 Å². The quantitative estimate of drug-likeness (QED) is 0.460. The first kappa shape index (κ1) is 16.6. The van der Waals surface area contributed by atoms with Gasteiger partial charge in [-0.15, -0.1) is 0 Å². The Kier molecular flexibility index (Phi) is 3.64. The lowest BCUT2D eigenvalue weighted by molar-refractivity contribution is 1.11. The van der Waals surface area contributed by atoms with Crippen LogP contribution in [0.4, 0.5) is 0 Å². The third-order valence-corrected chi connectivity index (χ3v) is 5.18. The molecule has 6 aromatic rings. The minimum absolute atomic E-state index is 0.811. The van der Waals surface area contributed by atoms with E-state index < -0.39 is 0 Å². The molecule has 0 aromatic carbocycles. The molecule has 6 rings (SSSR count). The van der Waals surface area contributed by atoms with Crippen LogP contribution < -0.4 is 0 Å². The van der Waals surface area contributed by atoms with Crippen molar-refractivity contribution >= 4 is 21.9 Å². The van der Waals surface area contributed by atoms with Crippen LogP contribution in [0.1, 0.15) is 0 Å². The highest BCUT2D eigenvalue weighted by atomic mass is 15.1.